The molecule has 0 spiro atoms. The number of benzene rings is 1. The molecule has 0 saturated heterocycles. The zero-order valence-electron chi connectivity index (χ0n) is 9.62. The van der Waals surface area contributed by atoms with Gasteiger partial charge in [-0.05, 0) is 37.1 Å². The molecule has 0 aliphatic heterocycles. The van der Waals surface area contributed by atoms with Crippen LogP contribution in [0.3, 0.4) is 0 Å². The van der Waals surface area contributed by atoms with Crippen molar-refractivity contribution in [1.29, 1.82) is 5.26 Å². The molecule has 0 bridgehead atoms. The third-order valence-corrected chi connectivity index (χ3v) is 3.99. The van der Waals surface area contributed by atoms with Crippen LogP contribution >= 0.6 is 0 Å². The minimum atomic E-state index is -3.68. The summed E-state index contributed by atoms with van der Waals surface area (Å²) in [4.78, 5) is 0.0804. The Bertz CT molecular complexity index is 538. The number of nitrogens with one attached hydrogen (secondary N) is 1. The van der Waals surface area contributed by atoms with Gasteiger partial charge >= 0.3 is 0 Å². The van der Waals surface area contributed by atoms with Gasteiger partial charge in [-0.1, -0.05) is 0 Å². The number of sulfonamides is 1. The van der Waals surface area contributed by atoms with Crippen LogP contribution in [0, 0.1) is 31.0 Å². The van der Waals surface area contributed by atoms with E-state index in [1.54, 1.807) is 0 Å². The summed E-state index contributed by atoms with van der Waals surface area (Å²) in [5.41, 5.74) is 0.707. The molecule has 6 heteroatoms. The van der Waals surface area contributed by atoms with Crippen molar-refractivity contribution in [2.75, 3.05) is 6.54 Å². The minimum absolute atomic E-state index is 0.0507. The molecule has 0 fully saturated rings. The van der Waals surface area contributed by atoms with Crippen LogP contribution < -0.4 is 4.72 Å². The second-order valence-electron chi connectivity index (χ2n) is 3.67. The van der Waals surface area contributed by atoms with Crippen LogP contribution in [-0.4, -0.2) is 15.0 Å². The number of aryl methyl sites for hydroxylation is 2. The monoisotopic (exact) mass is 256 g/mol. The Morgan fingerprint density at radius 2 is 1.88 bits per heavy atom. The van der Waals surface area contributed by atoms with Crippen LogP contribution in [0.15, 0.2) is 17.0 Å². The summed E-state index contributed by atoms with van der Waals surface area (Å²) in [7, 11) is -3.68. The van der Waals surface area contributed by atoms with Crippen LogP contribution in [0.4, 0.5) is 4.39 Å². The first kappa shape index (κ1) is 13.6. The van der Waals surface area contributed by atoms with Crippen LogP contribution in [0.2, 0.25) is 0 Å². The molecule has 1 aromatic carbocycles. The minimum Gasteiger partial charge on any atom is -0.210 e. The predicted octanol–water partition coefficient (Wildman–Crippen LogP) is 1.63. The van der Waals surface area contributed by atoms with Gasteiger partial charge in [0, 0.05) is 13.0 Å². The molecule has 0 amide bonds. The molecule has 1 aromatic rings. The molecule has 0 aliphatic carbocycles. The number of hydrogen-bond donors (Lipinski definition) is 1. The smallest absolute Gasteiger partial charge is 0.210 e. The quantitative estimate of drug-likeness (QED) is 0.832. The van der Waals surface area contributed by atoms with Gasteiger partial charge in [-0.25, -0.2) is 17.5 Å². The van der Waals surface area contributed by atoms with Gasteiger partial charge in [-0.3, -0.25) is 0 Å². The van der Waals surface area contributed by atoms with E-state index < -0.39 is 15.8 Å². The van der Waals surface area contributed by atoms with E-state index in [1.807, 2.05) is 6.07 Å². The predicted molar refractivity (Wildman–Crippen MR) is 61.3 cm³/mol. The maximum atomic E-state index is 13.0. The Morgan fingerprint density at radius 3 is 2.35 bits per heavy atom. The highest BCUT2D eigenvalue weighted by Crippen LogP contribution is 2.20. The van der Waals surface area contributed by atoms with E-state index in [0.29, 0.717) is 11.1 Å². The molecule has 1 N–H and O–H groups in total. The zero-order valence-corrected chi connectivity index (χ0v) is 10.4. The van der Waals surface area contributed by atoms with Gasteiger partial charge in [-0.15, -0.1) is 0 Å². The first-order valence-electron chi connectivity index (χ1n) is 5.02. The molecule has 0 unspecified atom stereocenters. The van der Waals surface area contributed by atoms with E-state index in [2.05, 4.69) is 4.72 Å². The highest BCUT2D eigenvalue weighted by atomic mass is 32.2. The van der Waals surface area contributed by atoms with E-state index in [-0.39, 0.29) is 17.9 Å². The Kier molecular flexibility index (Phi) is 4.21. The van der Waals surface area contributed by atoms with Gasteiger partial charge in [0.15, 0.2) is 0 Å². The Balaban J connectivity index is 3.12. The third-order valence-electron chi connectivity index (χ3n) is 2.22. The van der Waals surface area contributed by atoms with Crippen molar-refractivity contribution in [3.8, 4) is 6.07 Å². The lowest BCUT2D eigenvalue weighted by Crippen LogP contribution is -2.26. The summed E-state index contributed by atoms with van der Waals surface area (Å²) >= 11 is 0. The second-order valence-corrected chi connectivity index (χ2v) is 5.38. The normalized spacial score (nSPS) is 11.2. The molecule has 0 aliphatic rings. The zero-order chi connectivity index (χ0) is 13.1. The highest BCUT2D eigenvalue weighted by molar-refractivity contribution is 7.89. The fraction of sp³-hybridized carbons (Fsp3) is 0.364. The number of hydrogen-bond acceptors (Lipinski definition) is 3. The van der Waals surface area contributed by atoms with Crippen LogP contribution in [0.25, 0.3) is 0 Å². The lowest BCUT2D eigenvalue weighted by Gasteiger charge is -2.11. The summed E-state index contributed by atoms with van der Waals surface area (Å²) in [6.45, 7) is 3.12. The van der Waals surface area contributed by atoms with Gasteiger partial charge in [0.25, 0.3) is 0 Å². The fourth-order valence-corrected chi connectivity index (χ4v) is 3.12. The lowest BCUT2D eigenvalue weighted by atomic mass is 10.1. The Morgan fingerprint density at radius 1 is 1.35 bits per heavy atom. The molecule has 92 valence electrons. The van der Waals surface area contributed by atoms with Crippen molar-refractivity contribution in [1.82, 2.24) is 4.72 Å². The standard InChI is InChI=1S/C11H13FN2O2S/c1-8-6-10(12)7-9(2)11(8)17(15,16)14-5-3-4-13/h6-7,14H,3,5H2,1-2H3. The topological polar surface area (TPSA) is 70.0 Å². The van der Waals surface area contributed by atoms with Crippen LogP contribution in [0.5, 0.6) is 0 Å². The van der Waals surface area contributed by atoms with Gasteiger partial charge in [0.1, 0.15) is 5.82 Å². The summed E-state index contributed by atoms with van der Waals surface area (Å²) in [6, 6.07) is 4.19. The van der Waals surface area contributed by atoms with E-state index >= 15 is 0 Å². The summed E-state index contributed by atoms with van der Waals surface area (Å²) < 4.78 is 39.2. The highest BCUT2D eigenvalue weighted by Gasteiger charge is 2.19. The molecule has 1 rings (SSSR count). The maximum Gasteiger partial charge on any atom is 0.241 e. The van der Waals surface area contributed by atoms with E-state index in [1.165, 1.54) is 26.0 Å². The van der Waals surface area contributed by atoms with Gasteiger partial charge in [0.2, 0.25) is 10.0 Å². The van der Waals surface area contributed by atoms with Gasteiger partial charge < -0.3 is 0 Å². The molecule has 4 nitrogen and oxygen atoms in total. The third kappa shape index (κ3) is 3.25. The van der Waals surface area contributed by atoms with Crippen LogP contribution in [0.1, 0.15) is 17.5 Å². The van der Waals surface area contributed by atoms with Crippen molar-refractivity contribution in [2.45, 2.75) is 25.2 Å². The SMILES string of the molecule is Cc1cc(F)cc(C)c1S(=O)(=O)NCCC#N. The molecule has 17 heavy (non-hydrogen) atoms. The average molecular weight is 256 g/mol. The number of nitrogens with zero attached hydrogens (tertiary/aromatic N) is 1. The molecule has 0 saturated carbocycles. The van der Waals surface area contributed by atoms with Crippen molar-refractivity contribution in [3.05, 3.63) is 29.1 Å². The summed E-state index contributed by atoms with van der Waals surface area (Å²) in [5.74, 6) is -0.462. The van der Waals surface area contributed by atoms with Crippen molar-refractivity contribution in [2.24, 2.45) is 0 Å². The first-order valence-corrected chi connectivity index (χ1v) is 6.50. The molecule has 0 heterocycles. The molecular formula is C11H13FN2O2S. The fourth-order valence-electron chi connectivity index (χ4n) is 1.63. The first-order chi connectivity index (χ1) is 7.88. The van der Waals surface area contributed by atoms with E-state index in [9.17, 15) is 12.8 Å². The van der Waals surface area contributed by atoms with Crippen molar-refractivity contribution in [3.63, 3.8) is 0 Å². The maximum absolute atomic E-state index is 13.0. The van der Waals surface area contributed by atoms with Gasteiger partial charge in [-0.2, -0.15) is 5.26 Å². The summed E-state index contributed by atoms with van der Waals surface area (Å²) in [6.07, 6.45) is 0.0958. The van der Waals surface area contributed by atoms with Crippen molar-refractivity contribution >= 4 is 10.0 Å². The summed E-state index contributed by atoms with van der Waals surface area (Å²) in [5, 5.41) is 8.34. The van der Waals surface area contributed by atoms with Gasteiger partial charge in [0.05, 0.1) is 11.0 Å². The molecule has 0 radical (unpaired) electrons. The molecular weight excluding hydrogens is 243 g/mol. The molecule has 0 aromatic heterocycles. The van der Waals surface area contributed by atoms with Crippen LogP contribution in [-0.2, 0) is 10.0 Å². The number of rotatable bonds is 4. The Labute approximate surface area is 100 Å². The lowest BCUT2D eigenvalue weighted by molar-refractivity contribution is 0.579. The number of nitriles is 1. The van der Waals surface area contributed by atoms with E-state index in [0.717, 1.165) is 0 Å². The van der Waals surface area contributed by atoms with E-state index in [4.69, 9.17) is 5.26 Å². The Hall–Kier alpha value is -1.45. The van der Waals surface area contributed by atoms with Crippen molar-refractivity contribution < 1.29 is 12.8 Å². The molecule has 0 atom stereocenters. The number of halogens is 1. The second kappa shape index (κ2) is 5.25. The average Bonchev–Trinajstić information content (AvgIpc) is 2.15. The largest absolute Gasteiger partial charge is 0.241 e.